The molecule has 2 rings (SSSR count). The van der Waals surface area contributed by atoms with Crippen molar-refractivity contribution in [1.82, 2.24) is 0 Å². The molecule has 2 heterocycles. The Balaban J connectivity index is 2.17. The molecule has 1 saturated heterocycles. The number of hydrogen-bond acceptors (Lipinski definition) is 4. The molecule has 1 aliphatic rings. The number of carbonyl (C=O) groups is 1. The van der Waals surface area contributed by atoms with E-state index >= 15 is 0 Å². The van der Waals surface area contributed by atoms with Gasteiger partial charge >= 0.3 is 0 Å². The maximum atomic E-state index is 12.0. The molecule has 3 nitrogen and oxygen atoms in total. The summed E-state index contributed by atoms with van der Waals surface area (Å²) in [5.74, 6) is 0.0656. The predicted molar refractivity (Wildman–Crippen MR) is 55.6 cm³/mol. The molecule has 0 aromatic carbocycles. The van der Waals surface area contributed by atoms with Crippen LogP contribution in [0.4, 0.5) is 0 Å². The van der Waals surface area contributed by atoms with Gasteiger partial charge in [-0.1, -0.05) is 6.07 Å². The number of thiophene rings is 1. The highest BCUT2D eigenvalue weighted by molar-refractivity contribution is 7.12. The summed E-state index contributed by atoms with van der Waals surface area (Å²) in [5, 5.41) is 1.90. The van der Waals surface area contributed by atoms with Gasteiger partial charge in [0.15, 0.2) is 5.78 Å². The Morgan fingerprint density at radius 2 is 2.21 bits per heavy atom. The van der Waals surface area contributed by atoms with Crippen molar-refractivity contribution in [2.75, 3.05) is 13.2 Å². The molecule has 0 unspecified atom stereocenters. The fraction of sp³-hybridized carbons (Fsp3) is 0.500. The van der Waals surface area contributed by atoms with Gasteiger partial charge in [-0.05, 0) is 24.3 Å². The lowest BCUT2D eigenvalue weighted by Gasteiger charge is -2.31. The second-order valence-electron chi connectivity index (χ2n) is 3.57. The fourth-order valence-electron chi connectivity index (χ4n) is 1.62. The van der Waals surface area contributed by atoms with Crippen LogP contribution in [0.5, 0.6) is 0 Å². The Kier molecular flexibility index (Phi) is 2.67. The van der Waals surface area contributed by atoms with Crippen LogP contribution in [0.1, 0.15) is 22.5 Å². The maximum Gasteiger partial charge on any atom is 0.192 e. The highest BCUT2D eigenvalue weighted by Gasteiger charge is 2.36. The van der Waals surface area contributed by atoms with Gasteiger partial charge in [-0.25, -0.2) is 0 Å². The van der Waals surface area contributed by atoms with E-state index in [-0.39, 0.29) is 5.78 Å². The van der Waals surface area contributed by atoms with Gasteiger partial charge in [-0.2, -0.15) is 0 Å². The first kappa shape index (κ1) is 9.83. The average molecular weight is 211 g/mol. The van der Waals surface area contributed by atoms with Gasteiger partial charge in [0.1, 0.15) is 0 Å². The summed E-state index contributed by atoms with van der Waals surface area (Å²) in [6.45, 7) is 1.18. The number of Topliss-reactive ketones (excluding diaryl/α,β-unsaturated/α-hetero) is 1. The first-order valence-corrected chi connectivity index (χ1v) is 5.55. The van der Waals surface area contributed by atoms with Gasteiger partial charge in [0.2, 0.25) is 0 Å². The molecule has 76 valence electrons. The molecule has 0 bridgehead atoms. The second-order valence-corrected chi connectivity index (χ2v) is 4.52. The Bertz CT molecular complexity index is 315. The normalized spacial score (nSPS) is 20.6. The molecule has 0 atom stereocenters. The van der Waals surface area contributed by atoms with Crippen LogP contribution < -0.4 is 5.73 Å². The minimum atomic E-state index is -0.691. The topological polar surface area (TPSA) is 52.3 Å². The van der Waals surface area contributed by atoms with Gasteiger partial charge in [-0.3, -0.25) is 4.79 Å². The lowest BCUT2D eigenvalue weighted by molar-refractivity contribution is 0.0450. The summed E-state index contributed by atoms with van der Waals surface area (Å²) in [7, 11) is 0. The summed E-state index contributed by atoms with van der Waals surface area (Å²) in [6.07, 6.45) is 1.26. The van der Waals surface area contributed by atoms with Crippen LogP contribution in [0.3, 0.4) is 0 Å². The Hall–Kier alpha value is -0.710. The van der Waals surface area contributed by atoms with Gasteiger partial charge < -0.3 is 10.5 Å². The third-order valence-electron chi connectivity index (χ3n) is 2.58. The van der Waals surface area contributed by atoms with Crippen molar-refractivity contribution < 1.29 is 9.53 Å². The minimum Gasteiger partial charge on any atom is -0.381 e. The quantitative estimate of drug-likeness (QED) is 0.753. The van der Waals surface area contributed by atoms with Crippen molar-refractivity contribution in [3.8, 4) is 0 Å². The highest BCUT2D eigenvalue weighted by Crippen LogP contribution is 2.24. The van der Waals surface area contributed by atoms with Gasteiger partial charge in [0, 0.05) is 13.2 Å². The molecule has 1 aromatic heterocycles. The van der Waals surface area contributed by atoms with Gasteiger partial charge in [0.25, 0.3) is 0 Å². The van der Waals surface area contributed by atoms with Crippen molar-refractivity contribution in [2.45, 2.75) is 18.4 Å². The summed E-state index contributed by atoms with van der Waals surface area (Å²) >= 11 is 1.45. The van der Waals surface area contributed by atoms with Crippen molar-refractivity contribution in [3.05, 3.63) is 22.4 Å². The van der Waals surface area contributed by atoms with Crippen LogP contribution in [0.15, 0.2) is 17.5 Å². The van der Waals surface area contributed by atoms with Crippen molar-refractivity contribution in [2.24, 2.45) is 5.73 Å². The van der Waals surface area contributed by atoms with Gasteiger partial charge in [-0.15, -0.1) is 11.3 Å². The predicted octanol–water partition coefficient (Wildman–Crippen LogP) is 1.44. The Morgan fingerprint density at radius 3 is 2.79 bits per heavy atom. The number of rotatable bonds is 2. The Morgan fingerprint density at radius 1 is 1.50 bits per heavy atom. The molecular weight excluding hydrogens is 198 g/mol. The Labute approximate surface area is 86.9 Å². The smallest absolute Gasteiger partial charge is 0.192 e. The fourth-order valence-corrected chi connectivity index (χ4v) is 2.39. The second kappa shape index (κ2) is 3.81. The van der Waals surface area contributed by atoms with Crippen LogP contribution in [-0.2, 0) is 4.74 Å². The van der Waals surface area contributed by atoms with E-state index in [1.807, 2.05) is 17.5 Å². The van der Waals surface area contributed by atoms with E-state index in [9.17, 15) is 4.79 Å². The van der Waals surface area contributed by atoms with Crippen LogP contribution in [0, 0.1) is 0 Å². The lowest BCUT2D eigenvalue weighted by Crippen LogP contribution is -2.51. The largest absolute Gasteiger partial charge is 0.381 e. The maximum absolute atomic E-state index is 12.0. The van der Waals surface area contributed by atoms with E-state index in [0.29, 0.717) is 26.1 Å². The molecule has 14 heavy (non-hydrogen) atoms. The molecule has 0 spiro atoms. The first-order valence-electron chi connectivity index (χ1n) is 4.67. The molecule has 1 fully saturated rings. The molecule has 0 aliphatic carbocycles. The van der Waals surface area contributed by atoms with E-state index in [1.165, 1.54) is 11.3 Å². The van der Waals surface area contributed by atoms with E-state index in [1.54, 1.807) is 0 Å². The van der Waals surface area contributed by atoms with E-state index in [0.717, 1.165) is 4.88 Å². The van der Waals surface area contributed by atoms with Gasteiger partial charge in [0.05, 0.1) is 10.4 Å². The SMILES string of the molecule is NC1(C(=O)c2cccs2)CCOCC1. The number of ether oxygens (including phenoxy) is 1. The van der Waals surface area contributed by atoms with Crippen molar-refractivity contribution in [3.63, 3.8) is 0 Å². The zero-order chi connectivity index (χ0) is 10.0. The zero-order valence-corrected chi connectivity index (χ0v) is 8.68. The minimum absolute atomic E-state index is 0.0656. The molecule has 1 aromatic rings. The third kappa shape index (κ3) is 1.73. The summed E-state index contributed by atoms with van der Waals surface area (Å²) in [4.78, 5) is 12.8. The molecule has 4 heteroatoms. The number of ketones is 1. The molecule has 1 aliphatic heterocycles. The van der Waals surface area contributed by atoms with Crippen LogP contribution >= 0.6 is 11.3 Å². The number of hydrogen-bond donors (Lipinski definition) is 1. The first-order chi connectivity index (χ1) is 6.72. The lowest BCUT2D eigenvalue weighted by atomic mass is 9.86. The molecule has 0 radical (unpaired) electrons. The van der Waals surface area contributed by atoms with E-state index in [2.05, 4.69) is 0 Å². The third-order valence-corrected chi connectivity index (χ3v) is 3.45. The zero-order valence-electron chi connectivity index (χ0n) is 7.86. The molecule has 0 saturated carbocycles. The van der Waals surface area contributed by atoms with Crippen molar-refractivity contribution in [1.29, 1.82) is 0 Å². The number of nitrogens with two attached hydrogens (primary N) is 1. The summed E-state index contributed by atoms with van der Waals surface area (Å²) in [6, 6.07) is 3.71. The average Bonchev–Trinajstić information content (AvgIpc) is 2.70. The molecule has 2 N–H and O–H groups in total. The summed E-state index contributed by atoms with van der Waals surface area (Å²) < 4.78 is 5.20. The standard InChI is InChI=1S/C10H13NO2S/c11-10(3-5-13-6-4-10)9(12)8-2-1-7-14-8/h1-2,7H,3-6,11H2. The monoisotopic (exact) mass is 211 g/mol. The van der Waals surface area contributed by atoms with Crippen molar-refractivity contribution >= 4 is 17.1 Å². The molecule has 0 amide bonds. The summed E-state index contributed by atoms with van der Waals surface area (Å²) in [5.41, 5.74) is 5.38. The van der Waals surface area contributed by atoms with Crippen LogP contribution in [0.25, 0.3) is 0 Å². The van der Waals surface area contributed by atoms with Crippen LogP contribution in [-0.4, -0.2) is 24.5 Å². The van der Waals surface area contributed by atoms with E-state index < -0.39 is 5.54 Å². The van der Waals surface area contributed by atoms with E-state index in [4.69, 9.17) is 10.5 Å². The molecular formula is C10H13NO2S. The number of carbonyl (C=O) groups excluding carboxylic acids is 1. The highest BCUT2D eigenvalue weighted by atomic mass is 32.1. The van der Waals surface area contributed by atoms with Crippen LogP contribution in [0.2, 0.25) is 0 Å².